The van der Waals surface area contributed by atoms with Crippen molar-refractivity contribution in [3.63, 3.8) is 0 Å². The summed E-state index contributed by atoms with van der Waals surface area (Å²) in [5.41, 5.74) is 1.72. The molecule has 0 saturated heterocycles. The minimum atomic E-state index is -0.948. The Morgan fingerprint density at radius 2 is 2.26 bits per heavy atom. The average molecular weight is 273 g/mol. The fourth-order valence-corrected chi connectivity index (χ4v) is 2.79. The van der Waals surface area contributed by atoms with E-state index in [0.29, 0.717) is 5.92 Å². The summed E-state index contributed by atoms with van der Waals surface area (Å²) in [5, 5.41) is 9.51. The van der Waals surface area contributed by atoms with E-state index < -0.39 is 5.97 Å². The molecule has 2 heterocycles. The van der Waals surface area contributed by atoms with Gasteiger partial charge >= 0.3 is 5.97 Å². The fraction of sp³-hybridized carbons (Fsp3) is 0.231. The van der Waals surface area contributed by atoms with Gasteiger partial charge in [-0.05, 0) is 18.9 Å². The van der Waals surface area contributed by atoms with Gasteiger partial charge in [-0.1, -0.05) is 0 Å². The van der Waals surface area contributed by atoms with Crippen LogP contribution in [-0.2, 0) is 4.79 Å². The van der Waals surface area contributed by atoms with Gasteiger partial charge in [0.2, 0.25) is 0 Å². The molecule has 2 aromatic heterocycles. The van der Waals surface area contributed by atoms with Crippen LogP contribution in [0, 0.1) is 0 Å². The summed E-state index contributed by atoms with van der Waals surface area (Å²) < 4.78 is 0. The molecule has 3 rings (SSSR count). The van der Waals surface area contributed by atoms with Gasteiger partial charge in [0.05, 0.1) is 16.8 Å². The maximum Gasteiger partial charge on any atom is 0.328 e. The SMILES string of the molecule is O=C(O)/C=C/c1sc(-c2cnccn2)nc1C1CC1. The van der Waals surface area contributed by atoms with Crippen LogP contribution in [0.5, 0.6) is 0 Å². The van der Waals surface area contributed by atoms with E-state index in [1.807, 2.05) is 0 Å². The van der Waals surface area contributed by atoms with Gasteiger partial charge in [0, 0.05) is 24.4 Å². The summed E-state index contributed by atoms with van der Waals surface area (Å²) >= 11 is 1.46. The van der Waals surface area contributed by atoms with Crippen LogP contribution in [0.3, 0.4) is 0 Å². The van der Waals surface area contributed by atoms with Crippen molar-refractivity contribution in [2.45, 2.75) is 18.8 Å². The van der Waals surface area contributed by atoms with Gasteiger partial charge in [-0.25, -0.2) is 9.78 Å². The normalized spacial score (nSPS) is 14.9. The molecule has 0 unspecified atom stereocenters. The molecule has 1 fully saturated rings. The molecule has 0 aliphatic heterocycles. The first-order valence-corrected chi connectivity index (χ1v) is 6.74. The topological polar surface area (TPSA) is 76.0 Å². The smallest absolute Gasteiger partial charge is 0.328 e. The zero-order valence-electron chi connectivity index (χ0n) is 9.98. The lowest BCUT2D eigenvalue weighted by atomic mass is 10.2. The molecule has 0 aromatic carbocycles. The van der Waals surface area contributed by atoms with Gasteiger partial charge in [-0.15, -0.1) is 11.3 Å². The van der Waals surface area contributed by atoms with E-state index in [1.165, 1.54) is 11.3 Å². The molecule has 6 heteroatoms. The zero-order chi connectivity index (χ0) is 13.2. The van der Waals surface area contributed by atoms with Crippen molar-refractivity contribution in [3.8, 4) is 10.7 Å². The number of rotatable bonds is 4. The highest BCUT2D eigenvalue weighted by Gasteiger charge is 2.29. The molecule has 1 saturated carbocycles. The molecule has 0 bridgehead atoms. The van der Waals surface area contributed by atoms with Crippen molar-refractivity contribution in [2.24, 2.45) is 0 Å². The number of aromatic nitrogens is 3. The van der Waals surface area contributed by atoms with E-state index in [2.05, 4.69) is 15.0 Å². The maximum absolute atomic E-state index is 10.6. The fourth-order valence-electron chi connectivity index (χ4n) is 1.78. The molecule has 0 spiro atoms. The third-order valence-corrected chi connectivity index (χ3v) is 3.86. The summed E-state index contributed by atoms with van der Waals surface area (Å²) in [4.78, 5) is 24.4. The van der Waals surface area contributed by atoms with Gasteiger partial charge in [0.15, 0.2) is 0 Å². The maximum atomic E-state index is 10.6. The summed E-state index contributed by atoms with van der Waals surface area (Å²) in [5.74, 6) is -0.480. The molecular weight excluding hydrogens is 262 g/mol. The van der Waals surface area contributed by atoms with Crippen LogP contribution >= 0.6 is 11.3 Å². The Kier molecular flexibility index (Phi) is 3.08. The highest BCUT2D eigenvalue weighted by atomic mass is 32.1. The van der Waals surface area contributed by atoms with Gasteiger partial charge in [-0.3, -0.25) is 9.97 Å². The third kappa shape index (κ3) is 2.68. The molecule has 1 N–H and O–H groups in total. The molecule has 19 heavy (non-hydrogen) atoms. The lowest BCUT2D eigenvalue weighted by molar-refractivity contribution is -0.131. The largest absolute Gasteiger partial charge is 0.478 e. The Bertz CT molecular complexity index is 633. The van der Waals surface area contributed by atoms with Crippen LogP contribution in [0.1, 0.15) is 29.3 Å². The van der Waals surface area contributed by atoms with E-state index >= 15 is 0 Å². The van der Waals surface area contributed by atoms with Crippen molar-refractivity contribution >= 4 is 23.4 Å². The van der Waals surface area contributed by atoms with E-state index in [9.17, 15) is 4.79 Å². The molecular formula is C13H11N3O2S. The van der Waals surface area contributed by atoms with Crippen LogP contribution in [0.2, 0.25) is 0 Å². The quantitative estimate of drug-likeness (QED) is 0.866. The van der Waals surface area contributed by atoms with Crippen molar-refractivity contribution in [3.05, 3.63) is 35.2 Å². The highest BCUT2D eigenvalue weighted by Crippen LogP contribution is 2.44. The molecule has 2 aromatic rings. The molecule has 0 amide bonds. The molecule has 5 nitrogen and oxygen atoms in total. The minimum Gasteiger partial charge on any atom is -0.478 e. The average Bonchev–Trinajstić information content (AvgIpc) is 3.17. The third-order valence-electron chi connectivity index (χ3n) is 2.80. The Balaban J connectivity index is 1.99. The second kappa shape index (κ2) is 4.89. The van der Waals surface area contributed by atoms with Crippen LogP contribution < -0.4 is 0 Å². The molecule has 96 valence electrons. The lowest BCUT2D eigenvalue weighted by Gasteiger charge is -1.92. The number of carboxylic acids is 1. The summed E-state index contributed by atoms with van der Waals surface area (Å²) in [6, 6.07) is 0. The first kappa shape index (κ1) is 12.0. The number of aliphatic carboxylic acids is 1. The number of nitrogens with zero attached hydrogens (tertiary/aromatic N) is 3. The van der Waals surface area contributed by atoms with Gasteiger partial charge in [0.1, 0.15) is 10.7 Å². The van der Waals surface area contributed by atoms with Gasteiger partial charge in [-0.2, -0.15) is 0 Å². The predicted octanol–water partition coefficient (Wildman–Crippen LogP) is 2.58. The molecule has 1 aliphatic carbocycles. The van der Waals surface area contributed by atoms with E-state index in [-0.39, 0.29) is 0 Å². The summed E-state index contributed by atoms with van der Waals surface area (Å²) in [6.07, 6.45) is 9.92. The van der Waals surface area contributed by atoms with Gasteiger partial charge in [0.25, 0.3) is 0 Å². The Morgan fingerprint density at radius 3 is 2.89 bits per heavy atom. The first-order valence-electron chi connectivity index (χ1n) is 5.92. The lowest BCUT2D eigenvalue weighted by Crippen LogP contribution is -1.87. The summed E-state index contributed by atoms with van der Waals surface area (Å²) in [7, 11) is 0. The standard InChI is InChI=1S/C13H11N3O2S/c17-11(18)4-3-10-12(8-1-2-8)16-13(19-10)9-7-14-5-6-15-9/h3-8H,1-2H2,(H,17,18)/b4-3+. The Hall–Kier alpha value is -2.08. The number of hydrogen-bond donors (Lipinski definition) is 1. The zero-order valence-corrected chi connectivity index (χ0v) is 10.8. The van der Waals surface area contributed by atoms with Crippen molar-refractivity contribution in [1.29, 1.82) is 0 Å². The number of carbonyl (C=O) groups is 1. The number of hydrogen-bond acceptors (Lipinski definition) is 5. The van der Waals surface area contributed by atoms with Crippen molar-refractivity contribution in [2.75, 3.05) is 0 Å². The van der Waals surface area contributed by atoms with Crippen LogP contribution in [0.25, 0.3) is 16.8 Å². The van der Waals surface area contributed by atoms with Crippen LogP contribution in [0.15, 0.2) is 24.7 Å². The van der Waals surface area contributed by atoms with Crippen molar-refractivity contribution < 1.29 is 9.90 Å². The van der Waals surface area contributed by atoms with Crippen LogP contribution in [0.4, 0.5) is 0 Å². The summed E-state index contributed by atoms with van der Waals surface area (Å²) in [6.45, 7) is 0. The molecule has 0 atom stereocenters. The molecule has 1 aliphatic rings. The second-order valence-electron chi connectivity index (χ2n) is 4.31. The van der Waals surface area contributed by atoms with Gasteiger partial charge < -0.3 is 5.11 Å². The number of thiazole rings is 1. The Morgan fingerprint density at radius 1 is 1.42 bits per heavy atom. The monoisotopic (exact) mass is 273 g/mol. The van der Waals surface area contributed by atoms with Crippen LogP contribution in [-0.4, -0.2) is 26.0 Å². The van der Waals surface area contributed by atoms with Crippen molar-refractivity contribution in [1.82, 2.24) is 15.0 Å². The predicted molar refractivity (Wildman–Crippen MR) is 71.8 cm³/mol. The van der Waals surface area contributed by atoms with E-state index in [4.69, 9.17) is 5.11 Å². The second-order valence-corrected chi connectivity index (χ2v) is 5.34. The highest BCUT2D eigenvalue weighted by molar-refractivity contribution is 7.16. The van der Waals surface area contributed by atoms with E-state index in [0.717, 1.165) is 40.2 Å². The first-order chi connectivity index (χ1) is 9.24. The Labute approximate surface area is 113 Å². The molecule has 0 radical (unpaired) electrons. The number of carboxylic acid groups (broad SMARTS) is 1. The van der Waals surface area contributed by atoms with E-state index in [1.54, 1.807) is 24.7 Å². The minimum absolute atomic E-state index is 0.468.